The average molecular weight is 241 g/mol. The van der Waals surface area contributed by atoms with E-state index in [0.717, 1.165) is 32.1 Å². The number of nitrogens with one attached hydrogen (secondary N) is 1. The number of rotatable bonds is 7. The van der Waals surface area contributed by atoms with Gasteiger partial charge in [0.15, 0.2) is 0 Å². The summed E-state index contributed by atoms with van der Waals surface area (Å²) < 4.78 is 5.87. The maximum Gasteiger partial charge on any atom is 0.0622 e. The molecule has 0 aromatic heterocycles. The second-order valence-electron chi connectivity index (χ2n) is 6.59. The first-order valence-electron chi connectivity index (χ1n) is 7.34. The maximum absolute atomic E-state index is 5.87. The summed E-state index contributed by atoms with van der Waals surface area (Å²) in [5.41, 5.74) is 0.390. The van der Waals surface area contributed by atoms with Crippen LogP contribution >= 0.6 is 0 Å². The molecule has 1 N–H and O–H groups in total. The second kappa shape index (κ2) is 7.38. The third kappa shape index (κ3) is 6.42. The highest BCUT2D eigenvalue weighted by molar-refractivity contribution is 4.80. The van der Waals surface area contributed by atoms with Gasteiger partial charge in [-0.2, -0.15) is 0 Å². The van der Waals surface area contributed by atoms with E-state index in [1.807, 2.05) is 0 Å². The average Bonchev–Trinajstić information content (AvgIpc) is 2.74. The van der Waals surface area contributed by atoms with Gasteiger partial charge in [0.2, 0.25) is 0 Å². The third-order valence-electron chi connectivity index (χ3n) is 3.73. The van der Waals surface area contributed by atoms with E-state index in [-0.39, 0.29) is 0 Å². The minimum Gasteiger partial charge on any atom is -0.380 e. The van der Waals surface area contributed by atoms with Crippen molar-refractivity contribution in [2.45, 2.75) is 65.8 Å². The lowest BCUT2D eigenvalue weighted by Gasteiger charge is -2.25. The van der Waals surface area contributed by atoms with E-state index in [1.165, 1.54) is 25.7 Å². The highest BCUT2D eigenvalue weighted by Gasteiger charge is 2.24. The van der Waals surface area contributed by atoms with Crippen LogP contribution in [0, 0.1) is 11.3 Å². The topological polar surface area (TPSA) is 21.3 Å². The normalized spacial score (nSPS) is 19.8. The lowest BCUT2D eigenvalue weighted by Crippen LogP contribution is -2.39. The van der Waals surface area contributed by atoms with Gasteiger partial charge in [-0.25, -0.2) is 0 Å². The summed E-state index contributed by atoms with van der Waals surface area (Å²) >= 11 is 0. The Kier molecular flexibility index (Phi) is 6.50. The lowest BCUT2D eigenvalue weighted by molar-refractivity contribution is 0.0761. The summed E-state index contributed by atoms with van der Waals surface area (Å²) in [4.78, 5) is 0. The quantitative estimate of drug-likeness (QED) is 0.688. The van der Waals surface area contributed by atoms with Crippen molar-refractivity contribution in [3.63, 3.8) is 0 Å². The number of ether oxygens (including phenoxy) is 1. The zero-order valence-corrected chi connectivity index (χ0v) is 12.2. The Bertz CT molecular complexity index is 192. The van der Waals surface area contributed by atoms with Crippen molar-refractivity contribution in [2.24, 2.45) is 11.3 Å². The zero-order chi connectivity index (χ0) is 12.7. The summed E-state index contributed by atoms with van der Waals surface area (Å²) in [7, 11) is 0. The van der Waals surface area contributed by atoms with Crippen molar-refractivity contribution in [2.75, 3.05) is 19.8 Å². The highest BCUT2D eigenvalue weighted by Crippen LogP contribution is 2.28. The Labute approximate surface area is 108 Å². The van der Waals surface area contributed by atoms with E-state index in [2.05, 4.69) is 33.0 Å². The van der Waals surface area contributed by atoms with Crippen LogP contribution in [0.2, 0.25) is 0 Å². The third-order valence-corrected chi connectivity index (χ3v) is 3.73. The molecular formula is C15H31NO. The van der Waals surface area contributed by atoms with E-state index in [1.54, 1.807) is 0 Å². The highest BCUT2D eigenvalue weighted by atomic mass is 16.5. The first-order valence-corrected chi connectivity index (χ1v) is 7.34. The Balaban J connectivity index is 2.20. The molecule has 0 saturated heterocycles. The number of hydrogen-bond donors (Lipinski definition) is 1. The van der Waals surface area contributed by atoms with Crippen LogP contribution in [0.4, 0.5) is 0 Å². The smallest absolute Gasteiger partial charge is 0.0622 e. The van der Waals surface area contributed by atoms with Gasteiger partial charge >= 0.3 is 0 Å². The van der Waals surface area contributed by atoms with Gasteiger partial charge in [-0.05, 0) is 37.1 Å². The predicted molar refractivity (Wildman–Crippen MR) is 74.3 cm³/mol. The van der Waals surface area contributed by atoms with Gasteiger partial charge in [-0.15, -0.1) is 0 Å². The molecule has 2 nitrogen and oxygen atoms in total. The van der Waals surface area contributed by atoms with Crippen LogP contribution in [0.25, 0.3) is 0 Å². The molecule has 0 bridgehead atoms. The Morgan fingerprint density at radius 2 is 1.88 bits per heavy atom. The molecule has 1 fully saturated rings. The van der Waals surface area contributed by atoms with Gasteiger partial charge in [0.25, 0.3) is 0 Å². The van der Waals surface area contributed by atoms with Crippen molar-refractivity contribution < 1.29 is 4.74 Å². The van der Waals surface area contributed by atoms with Crippen molar-refractivity contribution >= 4 is 0 Å². The molecule has 0 heterocycles. The maximum atomic E-state index is 5.87. The Hall–Kier alpha value is -0.0800. The number of likely N-dealkylation sites (N-methyl/N-ethyl adjacent to an activating group) is 1. The molecule has 0 aliphatic heterocycles. The van der Waals surface area contributed by atoms with Gasteiger partial charge in [0.05, 0.1) is 6.61 Å². The van der Waals surface area contributed by atoms with Crippen LogP contribution in [-0.4, -0.2) is 25.8 Å². The molecule has 1 atom stereocenters. The van der Waals surface area contributed by atoms with Crippen LogP contribution < -0.4 is 5.32 Å². The molecule has 1 rings (SSSR count). The van der Waals surface area contributed by atoms with E-state index >= 15 is 0 Å². The minimum atomic E-state index is 0.390. The fourth-order valence-electron chi connectivity index (χ4n) is 2.57. The minimum absolute atomic E-state index is 0.390. The van der Waals surface area contributed by atoms with Crippen LogP contribution in [0.15, 0.2) is 0 Å². The van der Waals surface area contributed by atoms with Crippen LogP contribution in [-0.2, 0) is 4.74 Å². The molecule has 0 radical (unpaired) electrons. The molecular weight excluding hydrogens is 210 g/mol. The second-order valence-corrected chi connectivity index (χ2v) is 6.59. The van der Waals surface area contributed by atoms with Gasteiger partial charge in [-0.3, -0.25) is 0 Å². The molecule has 0 aromatic carbocycles. The molecule has 0 amide bonds. The summed E-state index contributed by atoms with van der Waals surface area (Å²) in [6.07, 6.45) is 6.75. The van der Waals surface area contributed by atoms with E-state index in [0.29, 0.717) is 11.5 Å². The molecule has 0 aromatic rings. The van der Waals surface area contributed by atoms with E-state index < -0.39 is 0 Å². The molecule has 17 heavy (non-hydrogen) atoms. The molecule has 102 valence electrons. The largest absolute Gasteiger partial charge is 0.380 e. The van der Waals surface area contributed by atoms with E-state index in [9.17, 15) is 0 Å². The zero-order valence-electron chi connectivity index (χ0n) is 12.2. The first-order chi connectivity index (χ1) is 8.03. The predicted octanol–water partition coefficient (Wildman–Crippen LogP) is 3.61. The fraction of sp³-hybridized carbons (Fsp3) is 1.00. The van der Waals surface area contributed by atoms with Crippen molar-refractivity contribution in [3.05, 3.63) is 0 Å². The molecule has 1 aliphatic carbocycles. The molecule has 1 aliphatic rings. The summed E-state index contributed by atoms with van der Waals surface area (Å²) in [6.45, 7) is 11.9. The van der Waals surface area contributed by atoms with Gasteiger partial charge in [0, 0.05) is 12.6 Å². The van der Waals surface area contributed by atoms with Crippen molar-refractivity contribution in [1.82, 2.24) is 5.32 Å². The SMILES string of the molecule is CCNC(COCCC(C)(C)C)C1CCCC1. The summed E-state index contributed by atoms with van der Waals surface area (Å²) in [5, 5.41) is 3.60. The summed E-state index contributed by atoms with van der Waals surface area (Å²) in [5.74, 6) is 0.851. The molecule has 1 saturated carbocycles. The van der Waals surface area contributed by atoms with Gasteiger partial charge in [0.1, 0.15) is 0 Å². The molecule has 1 unspecified atom stereocenters. The Morgan fingerprint density at radius 3 is 2.41 bits per heavy atom. The lowest BCUT2D eigenvalue weighted by atomic mass is 9.93. The van der Waals surface area contributed by atoms with Crippen molar-refractivity contribution in [1.29, 1.82) is 0 Å². The molecule has 0 spiro atoms. The van der Waals surface area contributed by atoms with Gasteiger partial charge in [-0.1, -0.05) is 40.5 Å². The standard InChI is InChI=1S/C15H31NO/c1-5-16-14(13-8-6-7-9-13)12-17-11-10-15(2,3)4/h13-14,16H,5-12H2,1-4H3. The number of hydrogen-bond acceptors (Lipinski definition) is 2. The van der Waals surface area contributed by atoms with Crippen LogP contribution in [0.1, 0.15) is 59.8 Å². The fourth-order valence-corrected chi connectivity index (χ4v) is 2.57. The summed E-state index contributed by atoms with van der Waals surface area (Å²) in [6, 6.07) is 0.586. The van der Waals surface area contributed by atoms with Crippen molar-refractivity contribution in [3.8, 4) is 0 Å². The van der Waals surface area contributed by atoms with Gasteiger partial charge < -0.3 is 10.1 Å². The van der Waals surface area contributed by atoms with Crippen LogP contribution in [0.3, 0.4) is 0 Å². The van der Waals surface area contributed by atoms with Crippen LogP contribution in [0.5, 0.6) is 0 Å². The monoisotopic (exact) mass is 241 g/mol. The Morgan fingerprint density at radius 1 is 1.24 bits per heavy atom. The first kappa shape index (κ1) is 15.0. The molecule has 2 heteroatoms. The van der Waals surface area contributed by atoms with E-state index in [4.69, 9.17) is 4.74 Å².